The molecule has 1 aromatic rings. The molecule has 0 bridgehead atoms. The van der Waals surface area contributed by atoms with Crippen LogP contribution in [0.1, 0.15) is 18.9 Å². The van der Waals surface area contributed by atoms with Gasteiger partial charge in [0, 0.05) is 12.6 Å². The van der Waals surface area contributed by atoms with Crippen LogP contribution in [-0.2, 0) is 11.3 Å². The van der Waals surface area contributed by atoms with Crippen molar-refractivity contribution in [2.75, 3.05) is 14.2 Å². The van der Waals surface area contributed by atoms with Gasteiger partial charge < -0.3 is 20.1 Å². The Labute approximate surface area is 118 Å². The van der Waals surface area contributed by atoms with E-state index >= 15 is 0 Å². The number of carboxylic acid groups (broad SMARTS) is 1. The third-order valence-electron chi connectivity index (χ3n) is 2.95. The molecule has 0 aliphatic carbocycles. The number of urea groups is 1. The molecule has 0 spiro atoms. The van der Waals surface area contributed by atoms with Crippen LogP contribution in [0.4, 0.5) is 4.79 Å². The van der Waals surface area contributed by atoms with Gasteiger partial charge in [-0.25, -0.2) is 9.59 Å². The van der Waals surface area contributed by atoms with E-state index in [9.17, 15) is 9.59 Å². The maximum Gasteiger partial charge on any atom is 0.326 e. The first-order chi connectivity index (χ1) is 9.49. The number of carboxylic acids is 1. The zero-order chi connectivity index (χ0) is 15.1. The highest BCUT2D eigenvalue weighted by atomic mass is 16.5. The Morgan fingerprint density at radius 1 is 1.40 bits per heavy atom. The minimum absolute atomic E-state index is 0.337. The van der Waals surface area contributed by atoms with Crippen molar-refractivity contribution < 1.29 is 19.4 Å². The van der Waals surface area contributed by atoms with Crippen LogP contribution in [0.3, 0.4) is 0 Å². The molecule has 0 heterocycles. The van der Waals surface area contributed by atoms with E-state index in [1.54, 1.807) is 21.1 Å². The number of carbonyl (C=O) groups is 2. The van der Waals surface area contributed by atoms with E-state index in [-0.39, 0.29) is 0 Å². The number of amides is 2. The summed E-state index contributed by atoms with van der Waals surface area (Å²) in [6, 6.07) is 6.08. The highest BCUT2D eigenvalue weighted by molar-refractivity contribution is 5.82. The summed E-state index contributed by atoms with van der Waals surface area (Å²) in [7, 11) is 3.17. The minimum atomic E-state index is -1.04. The molecule has 6 nitrogen and oxygen atoms in total. The average molecular weight is 280 g/mol. The summed E-state index contributed by atoms with van der Waals surface area (Å²) in [6.45, 7) is 2.05. The monoisotopic (exact) mass is 280 g/mol. The molecule has 6 heteroatoms. The zero-order valence-corrected chi connectivity index (χ0v) is 11.9. The number of nitrogens with zero attached hydrogens (tertiary/aromatic N) is 1. The van der Waals surface area contributed by atoms with Crippen molar-refractivity contribution in [3.8, 4) is 5.75 Å². The van der Waals surface area contributed by atoms with E-state index in [0.717, 1.165) is 5.56 Å². The Morgan fingerprint density at radius 2 is 2.05 bits per heavy atom. The summed E-state index contributed by atoms with van der Waals surface area (Å²) >= 11 is 0. The number of hydrogen-bond donors (Lipinski definition) is 2. The largest absolute Gasteiger partial charge is 0.496 e. The van der Waals surface area contributed by atoms with E-state index in [1.807, 2.05) is 24.3 Å². The van der Waals surface area contributed by atoms with E-state index < -0.39 is 18.0 Å². The predicted octanol–water partition coefficient (Wildman–Crippen LogP) is 1.70. The lowest BCUT2D eigenvalue weighted by atomic mass is 10.2. The fourth-order valence-electron chi connectivity index (χ4n) is 1.76. The molecule has 0 saturated carbocycles. The lowest BCUT2D eigenvalue weighted by molar-refractivity contribution is -0.139. The van der Waals surface area contributed by atoms with Gasteiger partial charge >= 0.3 is 12.0 Å². The third kappa shape index (κ3) is 4.15. The van der Waals surface area contributed by atoms with Crippen molar-refractivity contribution in [1.82, 2.24) is 10.2 Å². The number of hydrogen-bond acceptors (Lipinski definition) is 3. The second-order valence-electron chi connectivity index (χ2n) is 4.42. The molecular weight excluding hydrogens is 260 g/mol. The second kappa shape index (κ2) is 7.37. The van der Waals surface area contributed by atoms with Crippen LogP contribution in [-0.4, -0.2) is 42.2 Å². The molecule has 2 N–H and O–H groups in total. The van der Waals surface area contributed by atoms with Crippen LogP contribution >= 0.6 is 0 Å². The molecule has 0 unspecified atom stereocenters. The van der Waals surface area contributed by atoms with Gasteiger partial charge in [0.2, 0.25) is 0 Å². The lowest BCUT2D eigenvalue weighted by Crippen LogP contribution is -2.46. The van der Waals surface area contributed by atoms with Gasteiger partial charge in [-0.15, -0.1) is 0 Å². The second-order valence-corrected chi connectivity index (χ2v) is 4.42. The normalized spacial score (nSPS) is 11.6. The molecule has 0 aromatic heterocycles. The molecule has 20 heavy (non-hydrogen) atoms. The highest BCUT2D eigenvalue weighted by Crippen LogP contribution is 2.18. The van der Waals surface area contributed by atoms with Gasteiger partial charge in [-0.1, -0.05) is 25.1 Å². The Hall–Kier alpha value is -2.24. The molecule has 2 amide bonds. The van der Waals surface area contributed by atoms with Crippen LogP contribution < -0.4 is 10.1 Å². The van der Waals surface area contributed by atoms with Gasteiger partial charge in [-0.2, -0.15) is 0 Å². The quantitative estimate of drug-likeness (QED) is 0.831. The molecule has 1 rings (SSSR count). The van der Waals surface area contributed by atoms with Crippen molar-refractivity contribution in [3.63, 3.8) is 0 Å². The Balaban J connectivity index is 2.68. The topological polar surface area (TPSA) is 78.9 Å². The number of aliphatic carboxylic acids is 1. The Morgan fingerprint density at radius 3 is 2.60 bits per heavy atom. The average Bonchev–Trinajstić information content (AvgIpc) is 2.44. The van der Waals surface area contributed by atoms with E-state index in [0.29, 0.717) is 18.7 Å². The maximum atomic E-state index is 11.9. The van der Waals surface area contributed by atoms with Gasteiger partial charge in [0.25, 0.3) is 0 Å². The number of methoxy groups -OCH3 is 1. The number of ether oxygens (including phenoxy) is 1. The molecule has 1 atom stereocenters. The number of benzene rings is 1. The molecule has 0 radical (unpaired) electrons. The number of para-hydroxylation sites is 1. The number of rotatable bonds is 6. The summed E-state index contributed by atoms with van der Waals surface area (Å²) in [4.78, 5) is 24.2. The number of carbonyl (C=O) groups excluding carboxylic acids is 1. The standard InChI is InChI=1S/C14H20N2O4/c1-4-11(13(17)18)15-14(19)16(2)9-10-7-5-6-8-12(10)20-3/h5-8,11H,4,9H2,1-3H3,(H,15,19)(H,17,18)/t11-/m1/s1. The lowest BCUT2D eigenvalue weighted by Gasteiger charge is -2.21. The maximum absolute atomic E-state index is 11.9. The first kappa shape index (κ1) is 15.8. The van der Waals surface area contributed by atoms with Crippen LogP contribution in [0, 0.1) is 0 Å². The van der Waals surface area contributed by atoms with Crippen LogP contribution in [0.5, 0.6) is 5.75 Å². The number of nitrogens with one attached hydrogen (secondary N) is 1. The van der Waals surface area contributed by atoms with Gasteiger partial charge in [-0.3, -0.25) is 0 Å². The molecule has 1 aromatic carbocycles. The predicted molar refractivity (Wildman–Crippen MR) is 74.7 cm³/mol. The Bertz CT molecular complexity index is 476. The molecular formula is C14H20N2O4. The van der Waals surface area contributed by atoms with E-state index in [1.165, 1.54) is 4.90 Å². The molecule has 0 fully saturated rings. The van der Waals surface area contributed by atoms with Crippen molar-refractivity contribution >= 4 is 12.0 Å². The summed E-state index contributed by atoms with van der Waals surface area (Å²) < 4.78 is 5.21. The fourth-order valence-corrected chi connectivity index (χ4v) is 1.76. The van der Waals surface area contributed by atoms with Crippen LogP contribution in [0.15, 0.2) is 24.3 Å². The van der Waals surface area contributed by atoms with Crippen molar-refractivity contribution in [3.05, 3.63) is 29.8 Å². The summed E-state index contributed by atoms with van der Waals surface area (Å²) in [5, 5.41) is 11.4. The van der Waals surface area contributed by atoms with Gasteiger partial charge in [0.15, 0.2) is 0 Å². The fraction of sp³-hybridized carbons (Fsp3) is 0.429. The SMILES string of the molecule is CC[C@@H](NC(=O)N(C)Cc1ccccc1OC)C(=O)O. The first-order valence-electron chi connectivity index (χ1n) is 6.35. The van der Waals surface area contributed by atoms with E-state index in [4.69, 9.17) is 9.84 Å². The molecule has 0 saturated heterocycles. The first-order valence-corrected chi connectivity index (χ1v) is 6.35. The summed E-state index contributed by atoms with van der Waals surface area (Å²) in [5.74, 6) is -0.344. The van der Waals surface area contributed by atoms with Gasteiger partial charge in [0.1, 0.15) is 11.8 Å². The third-order valence-corrected chi connectivity index (χ3v) is 2.95. The van der Waals surface area contributed by atoms with Crippen LogP contribution in [0.25, 0.3) is 0 Å². The van der Waals surface area contributed by atoms with Crippen LogP contribution in [0.2, 0.25) is 0 Å². The van der Waals surface area contributed by atoms with Crippen molar-refractivity contribution in [2.24, 2.45) is 0 Å². The summed E-state index contributed by atoms with van der Waals surface area (Å²) in [6.07, 6.45) is 0.337. The minimum Gasteiger partial charge on any atom is -0.496 e. The molecule has 0 aliphatic rings. The highest BCUT2D eigenvalue weighted by Gasteiger charge is 2.20. The molecule has 110 valence electrons. The van der Waals surface area contributed by atoms with Crippen molar-refractivity contribution in [2.45, 2.75) is 25.9 Å². The van der Waals surface area contributed by atoms with Gasteiger partial charge in [0.05, 0.1) is 13.7 Å². The molecule has 0 aliphatic heterocycles. The zero-order valence-electron chi connectivity index (χ0n) is 11.9. The van der Waals surface area contributed by atoms with E-state index in [2.05, 4.69) is 5.32 Å². The van der Waals surface area contributed by atoms with Gasteiger partial charge in [-0.05, 0) is 12.5 Å². The smallest absolute Gasteiger partial charge is 0.326 e. The van der Waals surface area contributed by atoms with Crippen molar-refractivity contribution in [1.29, 1.82) is 0 Å². The summed E-state index contributed by atoms with van der Waals surface area (Å²) in [5.41, 5.74) is 0.857. The Kier molecular flexibility index (Phi) is 5.83.